The zero-order valence-corrected chi connectivity index (χ0v) is 16.8. The molecular formula is C20H32N4O4. The molecule has 28 heavy (non-hydrogen) atoms. The summed E-state index contributed by atoms with van der Waals surface area (Å²) < 4.78 is 10.3. The van der Waals surface area contributed by atoms with Crippen molar-refractivity contribution < 1.29 is 18.8 Å². The van der Waals surface area contributed by atoms with Crippen molar-refractivity contribution in [3.05, 3.63) is 11.7 Å². The van der Waals surface area contributed by atoms with Gasteiger partial charge in [0.05, 0.1) is 6.61 Å². The van der Waals surface area contributed by atoms with E-state index in [0.717, 1.165) is 38.1 Å². The first kappa shape index (κ1) is 20.6. The summed E-state index contributed by atoms with van der Waals surface area (Å²) in [4.78, 5) is 30.2. The van der Waals surface area contributed by atoms with E-state index in [2.05, 4.69) is 15.5 Å². The number of nitrogens with one attached hydrogen (secondary N) is 1. The summed E-state index contributed by atoms with van der Waals surface area (Å²) in [5.41, 5.74) is 0. The van der Waals surface area contributed by atoms with Crippen molar-refractivity contribution in [2.24, 2.45) is 5.92 Å². The third-order valence-corrected chi connectivity index (χ3v) is 5.70. The summed E-state index contributed by atoms with van der Waals surface area (Å²) in [5.74, 6) is 2.20. The molecule has 2 aliphatic rings. The van der Waals surface area contributed by atoms with E-state index in [1.807, 2.05) is 4.90 Å². The van der Waals surface area contributed by atoms with Gasteiger partial charge in [0.25, 0.3) is 0 Å². The standard InChI is InChI=1S/C20H32N4O4/c1-2-27-20(26)21-13-18(25)24-11-7-8-15(14-24)12-17-22-19(23-28-17)16-9-5-3-4-6-10-16/h15-16H,2-14H2,1H3,(H,21,26). The van der Waals surface area contributed by atoms with Gasteiger partial charge in [-0.25, -0.2) is 4.79 Å². The van der Waals surface area contributed by atoms with Crippen LogP contribution in [0.5, 0.6) is 0 Å². The molecule has 0 bridgehead atoms. The molecule has 1 aliphatic carbocycles. The van der Waals surface area contributed by atoms with Crippen LogP contribution in [0.2, 0.25) is 0 Å². The van der Waals surface area contributed by atoms with Gasteiger partial charge in [0.15, 0.2) is 5.82 Å². The lowest BCUT2D eigenvalue weighted by Crippen LogP contribution is -2.45. The minimum absolute atomic E-state index is 0.0298. The second-order valence-electron chi connectivity index (χ2n) is 7.86. The van der Waals surface area contributed by atoms with E-state index in [1.165, 1.54) is 25.7 Å². The second kappa shape index (κ2) is 10.4. The minimum atomic E-state index is -0.554. The molecule has 1 saturated heterocycles. The van der Waals surface area contributed by atoms with E-state index in [9.17, 15) is 9.59 Å². The molecule has 1 saturated carbocycles. The van der Waals surface area contributed by atoms with Crippen molar-refractivity contribution in [1.29, 1.82) is 0 Å². The molecule has 2 heterocycles. The summed E-state index contributed by atoms with van der Waals surface area (Å²) in [6.07, 6.45) is 9.53. The molecule has 1 atom stereocenters. The predicted octanol–water partition coefficient (Wildman–Crippen LogP) is 3.03. The van der Waals surface area contributed by atoms with Crippen LogP contribution in [0.1, 0.15) is 75.9 Å². The Morgan fingerprint density at radius 2 is 1.96 bits per heavy atom. The largest absolute Gasteiger partial charge is 0.450 e. The fraction of sp³-hybridized carbons (Fsp3) is 0.800. The van der Waals surface area contributed by atoms with Crippen LogP contribution in [0, 0.1) is 5.92 Å². The Labute approximate surface area is 166 Å². The fourth-order valence-corrected chi connectivity index (χ4v) is 4.20. The van der Waals surface area contributed by atoms with Crippen LogP contribution < -0.4 is 5.32 Å². The van der Waals surface area contributed by atoms with E-state index < -0.39 is 6.09 Å². The summed E-state index contributed by atoms with van der Waals surface area (Å²) in [6.45, 7) is 3.37. The molecule has 1 aromatic heterocycles. The summed E-state index contributed by atoms with van der Waals surface area (Å²) in [5, 5.41) is 6.74. The van der Waals surface area contributed by atoms with Gasteiger partial charge in [0, 0.05) is 25.4 Å². The van der Waals surface area contributed by atoms with Crippen LogP contribution in [-0.4, -0.2) is 53.3 Å². The average Bonchev–Trinajstić information content (AvgIpc) is 2.99. The van der Waals surface area contributed by atoms with Crippen LogP contribution >= 0.6 is 0 Å². The van der Waals surface area contributed by atoms with Gasteiger partial charge in [0.2, 0.25) is 11.8 Å². The van der Waals surface area contributed by atoms with Crippen molar-refractivity contribution in [3.63, 3.8) is 0 Å². The molecule has 0 radical (unpaired) electrons. The van der Waals surface area contributed by atoms with E-state index in [1.54, 1.807) is 6.92 Å². The van der Waals surface area contributed by atoms with Crippen LogP contribution in [0.3, 0.4) is 0 Å². The molecule has 2 fully saturated rings. The van der Waals surface area contributed by atoms with Gasteiger partial charge in [0.1, 0.15) is 6.54 Å². The highest BCUT2D eigenvalue weighted by molar-refractivity contribution is 5.82. The molecule has 2 amide bonds. The molecule has 0 aromatic carbocycles. The Balaban J connectivity index is 1.48. The minimum Gasteiger partial charge on any atom is -0.450 e. The lowest BCUT2D eigenvalue weighted by atomic mass is 9.94. The number of likely N-dealkylation sites (tertiary alicyclic amines) is 1. The fourth-order valence-electron chi connectivity index (χ4n) is 4.20. The van der Waals surface area contributed by atoms with Crippen molar-refractivity contribution in [1.82, 2.24) is 20.4 Å². The van der Waals surface area contributed by atoms with Crippen molar-refractivity contribution in [2.75, 3.05) is 26.2 Å². The van der Waals surface area contributed by atoms with Gasteiger partial charge < -0.3 is 19.5 Å². The van der Waals surface area contributed by atoms with Gasteiger partial charge in [-0.1, -0.05) is 30.8 Å². The van der Waals surface area contributed by atoms with Crippen molar-refractivity contribution in [3.8, 4) is 0 Å². The Bertz CT molecular complexity index is 640. The molecule has 1 N–H and O–H groups in total. The van der Waals surface area contributed by atoms with E-state index in [0.29, 0.717) is 37.3 Å². The Kier molecular flexibility index (Phi) is 7.68. The Morgan fingerprint density at radius 3 is 2.71 bits per heavy atom. The van der Waals surface area contributed by atoms with Gasteiger partial charge in [-0.2, -0.15) is 4.98 Å². The third-order valence-electron chi connectivity index (χ3n) is 5.70. The summed E-state index contributed by atoms with van der Waals surface area (Å²) in [6, 6.07) is 0. The first-order valence-electron chi connectivity index (χ1n) is 10.7. The van der Waals surface area contributed by atoms with Crippen LogP contribution in [0.15, 0.2) is 4.52 Å². The van der Waals surface area contributed by atoms with Gasteiger partial charge >= 0.3 is 6.09 Å². The first-order chi connectivity index (χ1) is 13.7. The maximum Gasteiger partial charge on any atom is 0.407 e. The van der Waals surface area contributed by atoms with E-state index >= 15 is 0 Å². The number of aromatic nitrogens is 2. The average molecular weight is 393 g/mol. The summed E-state index contributed by atoms with van der Waals surface area (Å²) in [7, 11) is 0. The highest BCUT2D eigenvalue weighted by atomic mass is 16.5. The highest BCUT2D eigenvalue weighted by Gasteiger charge is 2.26. The zero-order chi connectivity index (χ0) is 19.8. The monoisotopic (exact) mass is 392 g/mol. The van der Waals surface area contributed by atoms with Crippen molar-refractivity contribution >= 4 is 12.0 Å². The third kappa shape index (κ3) is 5.94. The molecule has 156 valence electrons. The Hall–Kier alpha value is -2.12. The maximum atomic E-state index is 12.4. The van der Waals surface area contributed by atoms with Gasteiger partial charge in [-0.15, -0.1) is 0 Å². The molecule has 1 aromatic rings. The topological polar surface area (TPSA) is 97.6 Å². The number of nitrogens with zero attached hydrogens (tertiary/aromatic N) is 3. The van der Waals surface area contributed by atoms with Crippen LogP contribution in [0.4, 0.5) is 4.79 Å². The number of ether oxygens (including phenoxy) is 1. The molecule has 1 aliphatic heterocycles. The van der Waals surface area contributed by atoms with Gasteiger partial charge in [-0.3, -0.25) is 4.79 Å². The van der Waals surface area contributed by atoms with Crippen LogP contribution in [-0.2, 0) is 16.0 Å². The first-order valence-corrected chi connectivity index (χ1v) is 10.7. The second-order valence-corrected chi connectivity index (χ2v) is 7.86. The molecule has 3 rings (SSSR count). The quantitative estimate of drug-likeness (QED) is 0.747. The number of alkyl carbamates (subject to hydrolysis) is 1. The lowest BCUT2D eigenvalue weighted by molar-refractivity contribution is -0.132. The number of carbonyl (C=O) groups is 2. The zero-order valence-electron chi connectivity index (χ0n) is 16.8. The number of amides is 2. The molecular weight excluding hydrogens is 360 g/mol. The molecule has 8 heteroatoms. The van der Waals surface area contributed by atoms with E-state index in [4.69, 9.17) is 9.26 Å². The lowest BCUT2D eigenvalue weighted by Gasteiger charge is -2.32. The smallest absolute Gasteiger partial charge is 0.407 e. The number of piperidine rings is 1. The number of hydrogen-bond acceptors (Lipinski definition) is 6. The maximum absolute atomic E-state index is 12.4. The number of hydrogen-bond donors (Lipinski definition) is 1. The number of rotatable bonds is 6. The Morgan fingerprint density at radius 1 is 1.18 bits per heavy atom. The van der Waals surface area contributed by atoms with Crippen molar-refractivity contribution in [2.45, 2.75) is 70.6 Å². The molecule has 0 spiro atoms. The normalized spacial score (nSPS) is 21.2. The molecule has 1 unspecified atom stereocenters. The SMILES string of the molecule is CCOC(=O)NCC(=O)N1CCCC(Cc2nc(C3CCCCCC3)no2)C1. The molecule has 8 nitrogen and oxygen atoms in total. The highest BCUT2D eigenvalue weighted by Crippen LogP contribution is 2.30. The van der Waals surface area contributed by atoms with E-state index in [-0.39, 0.29) is 12.5 Å². The summed E-state index contributed by atoms with van der Waals surface area (Å²) >= 11 is 0. The van der Waals surface area contributed by atoms with Crippen LogP contribution in [0.25, 0.3) is 0 Å². The predicted molar refractivity (Wildman–Crippen MR) is 103 cm³/mol. The number of carbonyl (C=O) groups excluding carboxylic acids is 2. The van der Waals surface area contributed by atoms with Gasteiger partial charge in [-0.05, 0) is 38.5 Å².